The molecule has 9 heteroatoms. The van der Waals surface area contributed by atoms with Crippen LogP contribution in [0.2, 0.25) is 5.15 Å². The van der Waals surface area contributed by atoms with Crippen LogP contribution in [0.15, 0.2) is 0 Å². The second kappa shape index (κ2) is 6.00. The number of thiazole rings is 1. The molecule has 1 fully saturated rings. The zero-order valence-electron chi connectivity index (χ0n) is 9.65. The minimum atomic E-state index is -1.19. The van der Waals surface area contributed by atoms with Gasteiger partial charge in [-0.05, 0) is 0 Å². The molecule has 2 heterocycles. The van der Waals surface area contributed by atoms with Crippen LogP contribution < -0.4 is 5.32 Å². The van der Waals surface area contributed by atoms with Gasteiger partial charge < -0.3 is 25.4 Å². The number of halogens is 1. The topological polar surface area (TPSA) is 119 Å². The van der Waals surface area contributed by atoms with Crippen molar-refractivity contribution in [1.82, 2.24) is 4.98 Å². The minimum absolute atomic E-state index is 0.0926. The molecule has 1 aromatic heterocycles. The summed E-state index contributed by atoms with van der Waals surface area (Å²) in [5, 5.41) is 40.7. The summed E-state index contributed by atoms with van der Waals surface area (Å²) in [5.74, 6) is 0. The number of nitrogens with one attached hydrogen (secondary N) is 1. The summed E-state index contributed by atoms with van der Waals surface area (Å²) in [6, 6.07) is 1.31. The molecule has 4 atom stereocenters. The number of aliphatic hydroxyl groups excluding tert-OH is 3. The monoisotopic (exact) mass is 305 g/mol. The molecule has 1 aromatic rings. The van der Waals surface area contributed by atoms with Crippen molar-refractivity contribution in [2.75, 3.05) is 18.5 Å². The molecule has 1 saturated heterocycles. The quantitative estimate of drug-likeness (QED) is 0.598. The summed E-state index contributed by atoms with van der Waals surface area (Å²) < 4.78 is 5.21. The highest BCUT2D eigenvalue weighted by Crippen LogP contribution is 2.28. The maximum Gasteiger partial charge on any atom is 0.185 e. The molecule has 1 aliphatic heterocycles. The van der Waals surface area contributed by atoms with Gasteiger partial charge in [0.1, 0.15) is 29.3 Å². The lowest BCUT2D eigenvalue weighted by Gasteiger charge is -2.37. The van der Waals surface area contributed by atoms with Crippen molar-refractivity contribution in [3.63, 3.8) is 0 Å². The van der Waals surface area contributed by atoms with E-state index in [1.807, 2.05) is 6.07 Å². The molecule has 4 N–H and O–H groups in total. The Kier molecular flexibility index (Phi) is 4.57. The lowest BCUT2D eigenvalue weighted by molar-refractivity contribution is -0.152. The first-order chi connectivity index (χ1) is 9.06. The van der Waals surface area contributed by atoms with Crippen molar-refractivity contribution >= 4 is 28.1 Å². The van der Waals surface area contributed by atoms with Crippen molar-refractivity contribution in [3.05, 3.63) is 10.0 Å². The van der Waals surface area contributed by atoms with Gasteiger partial charge in [-0.3, -0.25) is 0 Å². The average Bonchev–Trinajstić information content (AvgIpc) is 2.75. The zero-order valence-corrected chi connectivity index (χ0v) is 11.2. The molecular weight excluding hydrogens is 294 g/mol. The van der Waals surface area contributed by atoms with Gasteiger partial charge in [-0.2, -0.15) is 5.26 Å². The Morgan fingerprint density at radius 3 is 2.84 bits per heavy atom. The fourth-order valence-corrected chi connectivity index (χ4v) is 2.77. The largest absolute Gasteiger partial charge is 0.394 e. The number of anilines is 1. The molecule has 0 bridgehead atoms. The Morgan fingerprint density at radius 2 is 2.26 bits per heavy atom. The van der Waals surface area contributed by atoms with E-state index in [0.717, 1.165) is 11.3 Å². The molecule has 0 saturated carbocycles. The summed E-state index contributed by atoms with van der Waals surface area (Å²) in [5.41, 5.74) is 0. The predicted octanol–water partition coefficient (Wildman–Crippen LogP) is -0.438. The zero-order chi connectivity index (χ0) is 14.0. The van der Waals surface area contributed by atoms with Crippen LogP contribution in [0.5, 0.6) is 0 Å². The van der Waals surface area contributed by atoms with Crippen molar-refractivity contribution < 1.29 is 20.1 Å². The van der Waals surface area contributed by atoms with E-state index in [-0.39, 0.29) is 23.2 Å². The summed E-state index contributed by atoms with van der Waals surface area (Å²) >= 11 is 6.78. The third kappa shape index (κ3) is 2.97. The van der Waals surface area contributed by atoms with Crippen molar-refractivity contribution in [3.8, 4) is 6.07 Å². The van der Waals surface area contributed by atoms with Crippen molar-refractivity contribution in [2.45, 2.75) is 24.4 Å². The molecule has 0 radical (unpaired) electrons. The first kappa shape index (κ1) is 14.5. The summed E-state index contributed by atoms with van der Waals surface area (Å²) in [4.78, 5) is 4.19. The Bertz CT molecular complexity index is 492. The molecule has 1 aliphatic rings. The van der Waals surface area contributed by atoms with Crippen LogP contribution in [0.25, 0.3) is 0 Å². The number of aromatic nitrogens is 1. The molecular formula is C10H12ClN3O4S. The van der Waals surface area contributed by atoms with E-state index in [1.54, 1.807) is 0 Å². The Balaban J connectivity index is 2.05. The fourth-order valence-electron chi connectivity index (χ4n) is 1.76. The van der Waals surface area contributed by atoms with Crippen LogP contribution in [-0.4, -0.2) is 57.9 Å². The molecule has 19 heavy (non-hydrogen) atoms. The van der Waals surface area contributed by atoms with Crippen LogP contribution >= 0.6 is 22.9 Å². The number of rotatable bonds is 3. The van der Waals surface area contributed by atoms with Crippen LogP contribution in [0, 0.1) is 11.3 Å². The van der Waals surface area contributed by atoms with E-state index in [0.29, 0.717) is 5.13 Å². The molecule has 104 valence electrons. The maximum absolute atomic E-state index is 9.91. The second-order valence-electron chi connectivity index (χ2n) is 4.04. The highest BCUT2D eigenvalue weighted by Gasteiger charge is 2.38. The van der Waals surface area contributed by atoms with E-state index in [4.69, 9.17) is 26.7 Å². The van der Waals surface area contributed by atoms with Gasteiger partial charge in [0, 0.05) is 0 Å². The number of nitrogens with zero attached hydrogens (tertiary/aromatic N) is 2. The van der Waals surface area contributed by atoms with Crippen molar-refractivity contribution in [1.29, 1.82) is 5.26 Å². The molecule has 0 aromatic carbocycles. The van der Waals surface area contributed by atoms with Gasteiger partial charge in [-0.25, -0.2) is 4.98 Å². The Morgan fingerprint density at radius 1 is 1.53 bits per heavy atom. The highest BCUT2D eigenvalue weighted by atomic mass is 35.5. The van der Waals surface area contributed by atoms with Gasteiger partial charge in [-0.1, -0.05) is 22.9 Å². The van der Waals surface area contributed by atoms with E-state index >= 15 is 0 Å². The lowest BCUT2D eigenvalue weighted by Crippen LogP contribution is -2.56. The SMILES string of the molecule is N#Cc1sc(N[C@H]2CO[C@H](CO)[C@H](O)[C@@H]2O)nc1Cl. The predicted molar refractivity (Wildman–Crippen MR) is 68.1 cm³/mol. The van der Waals surface area contributed by atoms with E-state index in [2.05, 4.69) is 10.3 Å². The van der Waals surface area contributed by atoms with E-state index in [1.165, 1.54) is 0 Å². The summed E-state index contributed by atoms with van der Waals surface area (Å²) in [6.07, 6.45) is -3.11. The summed E-state index contributed by atoms with van der Waals surface area (Å²) in [7, 11) is 0. The third-order valence-corrected chi connectivity index (χ3v) is 4.09. The van der Waals surface area contributed by atoms with E-state index < -0.39 is 24.4 Å². The first-order valence-electron chi connectivity index (χ1n) is 5.48. The van der Waals surface area contributed by atoms with Crippen LogP contribution in [0.4, 0.5) is 5.13 Å². The van der Waals surface area contributed by atoms with Crippen LogP contribution in [0.3, 0.4) is 0 Å². The molecule has 0 unspecified atom stereocenters. The smallest absolute Gasteiger partial charge is 0.185 e. The normalized spacial score (nSPS) is 30.9. The fraction of sp³-hybridized carbons (Fsp3) is 0.600. The van der Waals surface area contributed by atoms with Gasteiger partial charge >= 0.3 is 0 Å². The van der Waals surface area contributed by atoms with Crippen LogP contribution in [-0.2, 0) is 4.74 Å². The standard InChI is InChI=1S/C10H12ClN3O4S/c11-9-6(1-12)19-10(14-9)13-4-3-18-5(2-15)8(17)7(4)16/h4-5,7-8,15-17H,2-3H2,(H,13,14)/t4-,5+,7+,8-/m0/s1. The molecule has 0 amide bonds. The maximum atomic E-state index is 9.91. The van der Waals surface area contributed by atoms with Crippen LogP contribution in [0.1, 0.15) is 4.88 Å². The van der Waals surface area contributed by atoms with Gasteiger partial charge in [0.2, 0.25) is 0 Å². The lowest BCUT2D eigenvalue weighted by atomic mass is 9.99. The summed E-state index contributed by atoms with van der Waals surface area (Å²) in [6.45, 7) is -0.269. The molecule has 0 spiro atoms. The molecule has 2 rings (SSSR count). The molecule has 0 aliphatic carbocycles. The van der Waals surface area contributed by atoms with Crippen molar-refractivity contribution in [2.24, 2.45) is 0 Å². The third-order valence-electron chi connectivity index (χ3n) is 2.81. The number of ether oxygens (including phenoxy) is 1. The van der Waals surface area contributed by atoms with Gasteiger partial charge in [0.15, 0.2) is 10.3 Å². The second-order valence-corrected chi connectivity index (χ2v) is 5.39. The number of hydrogen-bond acceptors (Lipinski definition) is 8. The number of nitriles is 1. The highest BCUT2D eigenvalue weighted by molar-refractivity contribution is 7.16. The Hall–Kier alpha value is -0.950. The van der Waals surface area contributed by atoms with Gasteiger partial charge in [0.25, 0.3) is 0 Å². The number of aliphatic hydroxyl groups is 3. The number of hydrogen-bond donors (Lipinski definition) is 4. The Labute approximate surface area is 118 Å². The van der Waals surface area contributed by atoms with Gasteiger partial charge in [-0.15, -0.1) is 0 Å². The van der Waals surface area contributed by atoms with E-state index in [9.17, 15) is 10.2 Å². The first-order valence-corrected chi connectivity index (χ1v) is 6.67. The molecule has 7 nitrogen and oxygen atoms in total. The average molecular weight is 306 g/mol. The van der Waals surface area contributed by atoms with Gasteiger partial charge in [0.05, 0.1) is 19.3 Å². The minimum Gasteiger partial charge on any atom is -0.394 e.